The van der Waals surface area contributed by atoms with Gasteiger partial charge in [0.25, 0.3) is 0 Å². The van der Waals surface area contributed by atoms with Gasteiger partial charge in [-0.25, -0.2) is 19.6 Å². The van der Waals surface area contributed by atoms with Crippen molar-refractivity contribution < 1.29 is 0 Å². The highest BCUT2D eigenvalue weighted by atomic mass is 32.2. The van der Waals surface area contributed by atoms with Crippen molar-refractivity contribution in [2.24, 2.45) is 0 Å². The number of rotatable bonds is 5. The van der Waals surface area contributed by atoms with Gasteiger partial charge in [-0.15, -0.1) is 0 Å². The molecular formula is C18H20N6S. The Kier molecular flexibility index (Phi) is 4.76. The van der Waals surface area contributed by atoms with E-state index in [-0.39, 0.29) is 0 Å². The fourth-order valence-electron chi connectivity index (χ4n) is 3.23. The van der Waals surface area contributed by atoms with Crippen LogP contribution in [0.2, 0.25) is 0 Å². The van der Waals surface area contributed by atoms with Crippen molar-refractivity contribution in [1.29, 1.82) is 0 Å². The average molecular weight is 352 g/mol. The highest BCUT2D eigenvalue weighted by molar-refractivity contribution is 7.98. The van der Waals surface area contributed by atoms with Gasteiger partial charge >= 0.3 is 0 Å². The molecule has 0 saturated heterocycles. The highest BCUT2D eigenvalue weighted by Gasteiger charge is 2.24. The van der Waals surface area contributed by atoms with Gasteiger partial charge < -0.3 is 5.32 Å². The van der Waals surface area contributed by atoms with Crippen LogP contribution in [0.5, 0.6) is 0 Å². The zero-order valence-corrected chi connectivity index (χ0v) is 14.9. The Labute approximate surface area is 151 Å². The fourth-order valence-corrected chi connectivity index (χ4v) is 3.54. The molecule has 0 aliphatic heterocycles. The van der Waals surface area contributed by atoms with Gasteiger partial charge in [0.1, 0.15) is 0 Å². The third kappa shape index (κ3) is 3.43. The quantitative estimate of drug-likeness (QED) is 0.562. The number of hydrogen-bond acceptors (Lipinski definition) is 6. The SMILES string of the molecule is CSc1ncc(CN[C@H]2CCCc3c2cnn3-c2ccccn2)cn1. The van der Waals surface area contributed by atoms with Crippen LogP contribution in [0.3, 0.4) is 0 Å². The maximum absolute atomic E-state index is 4.58. The molecule has 0 saturated carbocycles. The lowest BCUT2D eigenvalue weighted by Crippen LogP contribution is -2.25. The molecule has 0 spiro atoms. The molecule has 7 heteroatoms. The summed E-state index contributed by atoms with van der Waals surface area (Å²) in [6.07, 6.45) is 12.9. The summed E-state index contributed by atoms with van der Waals surface area (Å²) in [5.41, 5.74) is 3.64. The van der Waals surface area contributed by atoms with Crippen LogP contribution in [0.25, 0.3) is 5.82 Å². The van der Waals surface area contributed by atoms with Crippen molar-refractivity contribution in [3.05, 3.63) is 59.8 Å². The summed E-state index contributed by atoms with van der Waals surface area (Å²) in [6.45, 7) is 0.757. The third-order valence-electron chi connectivity index (χ3n) is 4.47. The molecule has 25 heavy (non-hydrogen) atoms. The molecule has 6 nitrogen and oxygen atoms in total. The van der Waals surface area contributed by atoms with Gasteiger partial charge in [0.2, 0.25) is 0 Å². The van der Waals surface area contributed by atoms with Crippen LogP contribution in [-0.4, -0.2) is 31.0 Å². The third-order valence-corrected chi connectivity index (χ3v) is 5.04. The minimum Gasteiger partial charge on any atom is -0.306 e. The maximum atomic E-state index is 4.58. The zero-order valence-electron chi connectivity index (χ0n) is 14.1. The van der Waals surface area contributed by atoms with E-state index in [1.54, 1.807) is 18.0 Å². The zero-order chi connectivity index (χ0) is 17.1. The van der Waals surface area contributed by atoms with Crippen molar-refractivity contribution in [1.82, 2.24) is 30.0 Å². The first-order valence-corrected chi connectivity index (χ1v) is 9.64. The molecule has 4 rings (SSSR count). The van der Waals surface area contributed by atoms with E-state index >= 15 is 0 Å². The summed E-state index contributed by atoms with van der Waals surface area (Å²) in [5.74, 6) is 0.880. The molecule has 0 radical (unpaired) electrons. The molecule has 3 aromatic rings. The van der Waals surface area contributed by atoms with Crippen LogP contribution >= 0.6 is 11.8 Å². The predicted octanol–water partition coefficient (Wildman–Crippen LogP) is 2.95. The lowest BCUT2D eigenvalue weighted by atomic mass is 9.93. The first-order valence-electron chi connectivity index (χ1n) is 8.41. The number of nitrogens with zero attached hydrogens (tertiary/aromatic N) is 5. The first kappa shape index (κ1) is 16.2. The van der Waals surface area contributed by atoms with Crippen LogP contribution in [0.1, 0.15) is 35.7 Å². The average Bonchev–Trinajstić information content (AvgIpc) is 3.12. The second-order valence-electron chi connectivity index (χ2n) is 6.05. The Morgan fingerprint density at radius 1 is 1.20 bits per heavy atom. The number of nitrogens with one attached hydrogen (secondary N) is 1. The van der Waals surface area contributed by atoms with Gasteiger partial charge in [0.15, 0.2) is 11.0 Å². The molecule has 3 aromatic heterocycles. The summed E-state index contributed by atoms with van der Waals surface area (Å²) in [5, 5.41) is 9.02. The maximum Gasteiger partial charge on any atom is 0.187 e. The van der Waals surface area contributed by atoms with E-state index in [2.05, 4.69) is 25.4 Å². The molecule has 0 fully saturated rings. The van der Waals surface area contributed by atoms with E-state index in [9.17, 15) is 0 Å². The molecule has 3 heterocycles. The number of pyridine rings is 1. The standard InChI is InChI=1S/C18H20N6S/c1-25-18-21-10-13(11-22-18)9-20-15-5-4-6-16-14(15)12-23-24(16)17-7-2-3-8-19-17/h2-3,7-8,10-12,15,20H,4-6,9H2,1H3/t15-/m0/s1. The van der Waals surface area contributed by atoms with E-state index in [0.29, 0.717) is 6.04 Å². The predicted molar refractivity (Wildman–Crippen MR) is 97.7 cm³/mol. The van der Waals surface area contributed by atoms with E-state index in [1.165, 1.54) is 11.3 Å². The summed E-state index contributed by atoms with van der Waals surface area (Å²) in [7, 11) is 0. The molecular weight excluding hydrogens is 332 g/mol. The van der Waals surface area contributed by atoms with Crippen LogP contribution in [-0.2, 0) is 13.0 Å². The van der Waals surface area contributed by atoms with Crippen LogP contribution in [0, 0.1) is 0 Å². The number of fused-ring (bicyclic) bond motifs is 1. The smallest absolute Gasteiger partial charge is 0.187 e. The van der Waals surface area contributed by atoms with Gasteiger partial charge in [-0.1, -0.05) is 17.8 Å². The number of aromatic nitrogens is 5. The Hall–Kier alpha value is -2.25. The molecule has 1 aliphatic rings. The Bertz CT molecular complexity index is 831. The summed E-state index contributed by atoms with van der Waals surface area (Å²) in [4.78, 5) is 13.1. The summed E-state index contributed by atoms with van der Waals surface area (Å²) >= 11 is 1.56. The van der Waals surface area contributed by atoms with E-state index in [1.807, 2.05) is 47.7 Å². The summed E-state index contributed by atoms with van der Waals surface area (Å²) in [6, 6.07) is 6.22. The van der Waals surface area contributed by atoms with Crippen molar-refractivity contribution in [3.63, 3.8) is 0 Å². The van der Waals surface area contributed by atoms with Gasteiger partial charge in [-0.05, 0) is 37.7 Å². The van der Waals surface area contributed by atoms with Gasteiger partial charge in [0, 0.05) is 42.3 Å². The minimum absolute atomic E-state index is 0.307. The lowest BCUT2D eigenvalue weighted by Gasteiger charge is -2.24. The van der Waals surface area contributed by atoms with E-state index in [0.717, 1.165) is 42.3 Å². The molecule has 0 unspecified atom stereocenters. The number of thioether (sulfide) groups is 1. The van der Waals surface area contributed by atoms with Crippen molar-refractivity contribution in [2.45, 2.75) is 37.0 Å². The Morgan fingerprint density at radius 3 is 2.84 bits per heavy atom. The Balaban J connectivity index is 1.51. The first-order chi connectivity index (χ1) is 12.3. The van der Waals surface area contributed by atoms with Crippen molar-refractivity contribution >= 4 is 11.8 Å². The van der Waals surface area contributed by atoms with Crippen LogP contribution in [0.4, 0.5) is 0 Å². The van der Waals surface area contributed by atoms with Crippen molar-refractivity contribution in [2.75, 3.05) is 6.26 Å². The largest absolute Gasteiger partial charge is 0.306 e. The lowest BCUT2D eigenvalue weighted by molar-refractivity contribution is 0.453. The minimum atomic E-state index is 0.307. The second kappa shape index (κ2) is 7.33. The molecule has 1 atom stereocenters. The highest BCUT2D eigenvalue weighted by Crippen LogP contribution is 2.30. The topological polar surface area (TPSA) is 68.5 Å². The van der Waals surface area contributed by atoms with E-state index in [4.69, 9.17) is 0 Å². The second-order valence-corrected chi connectivity index (χ2v) is 6.82. The summed E-state index contributed by atoms with van der Waals surface area (Å²) < 4.78 is 1.97. The molecule has 0 aromatic carbocycles. The number of hydrogen-bond donors (Lipinski definition) is 1. The van der Waals surface area contributed by atoms with Crippen LogP contribution < -0.4 is 5.32 Å². The monoisotopic (exact) mass is 352 g/mol. The van der Waals surface area contributed by atoms with Gasteiger partial charge in [0.05, 0.1) is 11.9 Å². The molecule has 0 amide bonds. The fraction of sp³-hybridized carbons (Fsp3) is 0.333. The molecule has 1 aliphatic carbocycles. The van der Waals surface area contributed by atoms with Crippen LogP contribution in [0.15, 0.2) is 48.1 Å². The molecule has 0 bridgehead atoms. The Morgan fingerprint density at radius 2 is 2.08 bits per heavy atom. The van der Waals surface area contributed by atoms with Gasteiger partial charge in [-0.2, -0.15) is 5.10 Å². The van der Waals surface area contributed by atoms with Crippen molar-refractivity contribution in [3.8, 4) is 5.82 Å². The van der Waals surface area contributed by atoms with Gasteiger partial charge in [-0.3, -0.25) is 0 Å². The van der Waals surface area contributed by atoms with E-state index < -0.39 is 0 Å². The normalized spacial score (nSPS) is 16.6. The molecule has 128 valence electrons. The molecule has 1 N–H and O–H groups in total.